The summed E-state index contributed by atoms with van der Waals surface area (Å²) in [6.45, 7) is 4.99. The molecule has 7 nitrogen and oxygen atoms in total. The number of benzene rings is 2. The minimum absolute atomic E-state index is 0.0849. The summed E-state index contributed by atoms with van der Waals surface area (Å²) in [5.41, 5.74) is 1.53. The highest BCUT2D eigenvalue weighted by Crippen LogP contribution is 2.29. The second kappa shape index (κ2) is 12.1. The normalized spacial score (nSPS) is 10.4. The number of carbonyl (C=O) groups is 2. The predicted molar refractivity (Wildman–Crippen MR) is 121 cm³/mol. The van der Waals surface area contributed by atoms with Crippen LogP contribution in [0.4, 0.5) is 5.69 Å². The average molecular weight is 449 g/mol. The third-order valence-electron chi connectivity index (χ3n) is 4.77. The van der Waals surface area contributed by atoms with E-state index < -0.39 is 0 Å². The van der Waals surface area contributed by atoms with Crippen molar-refractivity contribution in [1.29, 1.82) is 0 Å². The van der Waals surface area contributed by atoms with Crippen LogP contribution in [-0.4, -0.2) is 50.6 Å². The summed E-state index contributed by atoms with van der Waals surface area (Å²) in [6, 6.07) is 10.5. The van der Waals surface area contributed by atoms with Crippen LogP contribution in [0, 0.1) is 0 Å². The molecule has 0 fully saturated rings. The molecule has 8 heteroatoms. The van der Waals surface area contributed by atoms with E-state index in [9.17, 15) is 9.59 Å². The van der Waals surface area contributed by atoms with E-state index >= 15 is 0 Å². The molecule has 0 aromatic heterocycles. The fourth-order valence-electron chi connectivity index (χ4n) is 3.02. The summed E-state index contributed by atoms with van der Waals surface area (Å²) in [5, 5.41) is 3.15. The van der Waals surface area contributed by atoms with Gasteiger partial charge in [0, 0.05) is 25.2 Å². The minimum Gasteiger partial charge on any atom is -0.493 e. The van der Waals surface area contributed by atoms with Crippen LogP contribution in [0.2, 0.25) is 5.02 Å². The molecule has 1 N–H and O–H groups in total. The summed E-state index contributed by atoms with van der Waals surface area (Å²) in [4.78, 5) is 26.1. The molecule has 2 amide bonds. The van der Waals surface area contributed by atoms with Crippen LogP contribution >= 0.6 is 11.6 Å². The van der Waals surface area contributed by atoms with Gasteiger partial charge < -0.3 is 24.4 Å². The summed E-state index contributed by atoms with van der Waals surface area (Å²) in [5.74, 6) is 1.42. The molecule has 0 aliphatic heterocycles. The number of carbonyl (C=O) groups excluding carboxylic acids is 2. The van der Waals surface area contributed by atoms with Crippen molar-refractivity contribution in [3.63, 3.8) is 0 Å². The third-order valence-corrected chi connectivity index (χ3v) is 5.07. The van der Waals surface area contributed by atoms with Crippen molar-refractivity contribution in [2.24, 2.45) is 0 Å². The van der Waals surface area contributed by atoms with Gasteiger partial charge in [0.15, 0.2) is 18.1 Å². The number of aryl methyl sites for hydroxylation is 1. The maximum Gasteiger partial charge on any atom is 0.260 e. The van der Waals surface area contributed by atoms with Gasteiger partial charge in [-0.15, -0.1) is 0 Å². The van der Waals surface area contributed by atoms with Crippen molar-refractivity contribution in [3.8, 4) is 17.2 Å². The maximum atomic E-state index is 12.3. The zero-order valence-electron chi connectivity index (χ0n) is 18.4. The van der Waals surface area contributed by atoms with Crippen molar-refractivity contribution >= 4 is 29.1 Å². The molecular weight excluding hydrogens is 420 g/mol. The fraction of sp³-hybridized carbons (Fsp3) is 0.391. The van der Waals surface area contributed by atoms with Crippen molar-refractivity contribution in [2.75, 3.05) is 39.2 Å². The van der Waals surface area contributed by atoms with Crippen molar-refractivity contribution < 1.29 is 23.8 Å². The molecule has 0 aliphatic rings. The predicted octanol–water partition coefficient (Wildman–Crippen LogP) is 4.18. The van der Waals surface area contributed by atoms with Crippen LogP contribution in [0.15, 0.2) is 36.4 Å². The first-order valence-electron chi connectivity index (χ1n) is 10.1. The lowest BCUT2D eigenvalue weighted by Crippen LogP contribution is -2.34. The minimum atomic E-state index is -0.142. The molecular formula is C23H29ClN2O5. The van der Waals surface area contributed by atoms with E-state index in [-0.39, 0.29) is 18.4 Å². The number of ether oxygens (including phenoxy) is 3. The van der Waals surface area contributed by atoms with E-state index in [1.54, 1.807) is 37.3 Å². The van der Waals surface area contributed by atoms with E-state index in [1.807, 2.05) is 32.0 Å². The average Bonchev–Trinajstić information content (AvgIpc) is 2.77. The van der Waals surface area contributed by atoms with Gasteiger partial charge in [-0.1, -0.05) is 17.7 Å². The highest BCUT2D eigenvalue weighted by atomic mass is 35.5. The van der Waals surface area contributed by atoms with E-state index in [0.29, 0.717) is 53.9 Å². The Hall–Kier alpha value is -2.93. The topological polar surface area (TPSA) is 77.1 Å². The van der Waals surface area contributed by atoms with Crippen LogP contribution in [0.25, 0.3) is 0 Å². The zero-order chi connectivity index (χ0) is 22.8. The molecule has 0 saturated carbocycles. The Morgan fingerprint density at radius 3 is 2.26 bits per heavy atom. The lowest BCUT2D eigenvalue weighted by molar-refractivity contribution is -0.133. The molecule has 0 atom stereocenters. The number of anilines is 1. The number of nitrogens with one attached hydrogen (secondary N) is 1. The largest absolute Gasteiger partial charge is 0.493 e. The number of nitrogens with zero attached hydrogens (tertiary/aromatic N) is 1. The highest BCUT2D eigenvalue weighted by molar-refractivity contribution is 6.32. The molecule has 168 valence electrons. The van der Waals surface area contributed by atoms with Gasteiger partial charge in [0.1, 0.15) is 5.75 Å². The fourth-order valence-corrected chi connectivity index (χ4v) is 3.26. The first-order valence-corrected chi connectivity index (χ1v) is 10.5. The Bertz CT molecular complexity index is 900. The summed E-state index contributed by atoms with van der Waals surface area (Å²) < 4.78 is 16.0. The monoisotopic (exact) mass is 448 g/mol. The maximum absolute atomic E-state index is 12.3. The first-order chi connectivity index (χ1) is 14.9. The zero-order valence-corrected chi connectivity index (χ0v) is 19.1. The van der Waals surface area contributed by atoms with Gasteiger partial charge in [0.25, 0.3) is 5.91 Å². The van der Waals surface area contributed by atoms with E-state index in [2.05, 4.69) is 5.32 Å². The molecule has 0 spiro atoms. The Morgan fingerprint density at radius 1 is 0.968 bits per heavy atom. The lowest BCUT2D eigenvalue weighted by atomic mass is 10.1. The number of hydrogen-bond acceptors (Lipinski definition) is 5. The molecule has 0 radical (unpaired) electrons. The molecule has 31 heavy (non-hydrogen) atoms. The Kier molecular flexibility index (Phi) is 9.46. The van der Waals surface area contributed by atoms with Gasteiger partial charge in [-0.25, -0.2) is 0 Å². The molecule has 0 saturated heterocycles. The second-order valence-corrected chi connectivity index (χ2v) is 7.14. The highest BCUT2D eigenvalue weighted by Gasteiger charge is 2.13. The smallest absolute Gasteiger partial charge is 0.260 e. The molecule has 0 unspecified atom stereocenters. The Balaban J connectivity index is 1.89. The lowest BCUT2D eigenvalue weighted by Gasteiger charge is -2.19. The number of halogens is 1. The number of amides is 2. The van der Waals surface area contributed by atoms with Gasteiger partial charge in [0.05, 0.1) is 19.2 Å². The Morgan fingerprint density at radius 2 is 1.65 bits per heavy atom. The van der Waals surface area contributed by atoms with Crippen LogP contribution in [0.1, 0.15) is 25.8 Å². The molecule has 2 rings (SSSR count). The van der Waals surface area contributed by atoms with Crippen LogP contribution in [0.3, 0.4) is 0 Å². The van der Waals surface area contributed by atoms with E-state index in [1.165, 1.54) is 0 Å². The van der Waals surface area contributed by atoms with E-state index in [0.717, 1.165) is 5.56 Å². The second-order valence-electron chi connectivity index (χ2n) is 6.74. The van der Waals surface area contributed by atoms with E-state index in [4.69, 9.17) is 25.8 Å². The molecule has 0 aliphatic carbocycles. The van der Waals surface area contributed by atoms with Gasteiger partial charge >= 0.3 is 0 Å². The SMILES string of the molecule is CCN(CC)C(=O)COc1ccc(NC(=O)CCc2ccc(OC)c(OC)c2)cc1Cl. The number of rotatable bonds is 11. The number of hydrogen-bond donors (Lipinski definition) is 1. The van der Waals surface area contributed by atoms with Crippen molar-refractivity contribution in [1.82, 2.24) is 4.90 Å². The standard InChI is InChI=1S/C23H29ClN2O5/c1-5-26(6-2)23(28)15-31-19-11-9-17(14-18(19)24)25-22(27)12-8-16-7-10-20(29-3)21(13-16)30-4/h7,9-11,13-14H,5-6,8,12,15H2,1-4H3,(H,25,27). The molecule has 0 bridgehead atoms. The van der Waals surface area contributed by atoms with Crippen molar-refractivity contribution in [3.05, 3.63) is 47.0 Å². The van der Waals surface area contributed by atoms with Gasteiger partial charge in [-0.2, -0.15) is 0 Å². The summed E-state index contributed by atoms with van der Waals surface area (Å²) in [6.07, 6.45) is 0.846. The quantitative estimate of drug-likeness (QED) is 0.558. The van der Waals surface area contributed by atoms with Crippen molar-refractivity contribution in [2.45, 2.75) is 26.7 Å². The van der Waals surface area contributed by atoms with Crippen LogP contribution in [0.5, 0.6) is 17.2 Å². The Labute approximate surface area is 188 Å². The van der Waals surface area contributed by atoms with Gasteiger partial charge in [-0.3, -0.25) is 9.59 Å². The third kappa shape index (κ3) is 7.07. The molecule has 2 aromatic rings. The van der Waals surface area contributed by atoms with Gasteiger partial charge in [0.2, 0.25) is 5.91 Å². The first kappa shape index (κ1) is 24.3. The molecule has 2 aromatic carbocycles. The number of methoxy groups -OCH3 is 2. The number of likely N-dealkylation sites (N-methyl/N-ethyl adjacent to an activating group) is 1. The van der Waals surface area contributed by atoms with Crippen LogP contribution in [-0.2, 0) is 16.0 Å². The summed E-state index contributed by atoms with van der Waals surface area (Å²) in [7, 11) is 3.15. The molecule has 0 heterocycles. The summed E-state index contributed by atoms with van der Waals surface area (Å²) >= 11 is 6.25. The van der Waals surface area contributed by atoms with Crippen LogP contribution < -0.4 is 19.5 Å². The van der Waals surface area contributed by atoms with Gasteiger partial charge in [-0.05, 0) is 56.2 Å².